The minimum Gasteiger partial charge on any atom is -0.379 e. The summed E-state index contributed by atoms with van der Waals surface area (Å²) in [5, 5.41) is 16.7. The van der Waals surface area contributed by atoms with Crippen LogP contribution < -0.4 is 10.6 Å². The van der Waals surface area contributed by atoms with Crippen LogP contribution in [0.15, 0.2) is 18.2 Å². The van der Waals surface area contributed by atoms with Crippen molar-refractivity contribution < 1.29 is 9.72 Å². The van der Waals surface area contributed by atoms with Gasteiger partial charge >= 0.3 is 0 Å². The highest BCUT2D eigenvalue weighted by Gasteiger charge is 2.16. The number of hydrogen-bond acceptors (Lipinski definition) is 5. The number of amides is 1. The topological polar surface area (TPSA) is 84.3 Å². The Bertz CT molecular complexity index is 480. The molecule has 0 aliphatic heterocycles. The first-order valence-corrected chi connectivity index (χ1v) is 7.79. The lowest BCUT2D eigenvalue weighted by molar-refractivity contribution is -0.384. The van der Waals surface area contributed by atoms with Crippen molar-refractivity contribution in [1.82, 2.24) is 5.32 Å². The average molecular weight is 297 g/mol. The van der Waals surface area contributed by atoms with Crippen molar-refractivity contribution in [2.24, 2.45) is 0 Å². The van der Waals surface area contributed by atoms with E-state index >= 15 is 0 Å². The van der Waals surface area contributed by atoms with Gasteiger partial charge in [-0.05, 0) is 24.8 Å². The molecule has 0 atom stereocenters. The second-order valence-corrected chi connectivity index (χ2v) is 5.15. The molecule has 7 heteroatoms. The Labute approximate surface area is 122 Å². The van der Waals surface area contributed by atoms with Gasteiger partial charge in [0.05, 0.1) is 4.92 Å². The molecule has 0 aliphatic carbocycles. The molecule has 0 aliphatic rings. The highest BCUT2D eigenvalue weighted by molar-refractivity contribution is 7.98. The molecule has 1 rings (SSSR count). The zero-order valence-corrected chi connectivity index (χ0v) is 12.5. The number of thioether (sulfide) groups is 1. The standard InChI is InChI=1S/C13H19N3O3S/c1-3-6-14-11-9-10(4-5-12(11)16(18)19)13(17)15-7-8-20-2/h4-5,9,14H,3,6-8H2,1-2H3,(H,15,17). The summed E-state index contributed by atoms with van der Waals surface area (Å²) in [6.45, 7) is 3.17. The summed E-state index contributed by atoms with van der Waals surface area (Å²) in [6, 6.07) is 4.37. The van der Waals surface area contributed by atoms with Crippen molar-refractivity contribution >= 4 is 29.0 Å². The third kappa shape index (κ3) is 4.73. The fraction of sp³-hybridized carbons (Fsp3) is 0.462. The van der Waals surface area contributed by atoms with E-state index in [0.717, 1.165) is 12.2 Å². The van der Waals surface area contributed by atoms with E-state index in [2.05, 4.69) is 10.6 Å². The second kappa shape index (κ2) is 8.42. The van der Waals surface area contributed by atoms with E-state index in [1.54, 1.807) is 11.8 Å². The van der Waals surface area contributed by atoms with Crippen LogP contribution in [-0.2, 0) is 0 Å². The fourth-order valence-corrected chi connectivity index (χ4v) is 1.91. The summed E-state index contributed by atoms with van der Waals surface area (Å²) < 4.78 is 0. The lowest BCUT2D eigenvalue weighted by Gasteiger charge is -2.09. The van der Waals surface area contributed by atoms with Crippen LogP contribution in [0.4, 0.5) is 11.4 Å². The van der Waals surface area contributed by atoms with E-state index in [-0.39, 0.29) is 11.6 Å². The summed E-state index contributed by atoms with van der Waals surface area (Å²) in [4.78, 5) is 22.4. The lowest BCUT2D eigenvalue weighted by Crippen LogP contribution is -2.25. The molecule has 0 bridgehead atoms. The lowest BCUT2D eigenvalue weighted by atomic mass is 10.1. The zero-order chi connectivity index (χ0) is 15.0. The van der Waals surface area contributed by atoms with Gasteiger partial charge in [-0.25, -0.2) is 0 Å². The van der Waals surface area contributed by atoms with Crippen molar-refractivity contribution in [2.75, 3.05) is 30.4 Å². The first-order chi connectivity index (χ1) is 9.60. The van der Waals surface area contributed by atoms with E-state index in [0.29, 0.717) is 24.3 Å². The van der Waals surface area contributed by atoms with Gasteiger partial charge < -0.3 is 10.6 Å². The van der Waals surface area contributed by atoms with Gasteiger partial charge in [0.2, 0.25) is 0 Å². The summed E-state index contributed by atoms with van der Waals surface area (Å²) in [6.07, 6.45) is 2.81. The molecule has 0 aromatic heterocycles. The van der Waals surface area contributed by atoms with Gasteiger partial charge in [-0.15, -0.1) is 0 Å². The molecule has 0 heterocycles. The number of nitro benzene ring substituents is 1. The fourth-order valence-electron chi connectivity index (χ4n) is 1.61. The van der Waals surface area contributed by atoms with Gasteiger partial charge in [0.15, 0.2) is 0 Å². The maximum atomic E-state index is 11.9. The number of anilines is 1. The van der Waals surface area contributed by atoms with Gasteiger partial charge in [0.1, 0.15) is 5.69 Å². The van der Waals surface area contributed by atoms with Gasteiger partial charge in [0.25, 0.3) is 11.6 Å². The Morgan fingerprint density at radius 1 is 1.40 bits per heavy atom. The normalized spacial score (nSPS) is 10.1. The van der Waals surface area contributed by atoms with E-state index in [1.165, 1.54) is 18.2 Å². The SMILES string of the molecule is CCCNc1cc(C(=O)NCCSC)ccc1[N+](=O)[O-]. The van der Waals surface area contributed by atoms with Crippen LogP contribution in [0.2, 0.25) is 0 Å². The molecule has 1 amide bonds. The van der Waals surface area contributed by atoms with E-state index in [9.17, 15) is 14.9 Å². The monoisotopic (exact) mass is 297 g/mol. The molecular formula is C13H19N3O3S. The summed E-state index contributed by atoms with van der Waals surface area (Å²) in [7, 11) is 0. The Hall–Kier alpha value is -1.76. The van der Waals surface area contributed by atoms with Gasteiger partial charge in [-0.3, -0.25) is 14.9 Å². The molecule has 20 heavy (non-hydrogen) atoms. The molecule has 0 spiro atoms. The predicted octanol–water partition coefficient (Wildman–Crippen LogP) is 2.51. The Kier molecular flexibility index (Phi) is 6.86. The van der Waals surface area contributed by atoms with E-state index in [1.807, 2.05) is 13.2 Å². The molecule has 0 radical (unpaired) electrons. The number of nitrogens with zero attached hydrogens (tertiary/aromatic N) is 1. The highest BCUT2D eigenvalue weighted by Crippen LogP contribution is 2.25. The maximum Gasteiger partial charge on any atom is 0.292 e. The average Bonchev–Trinajstić information content (AvgIpc) is 2.44. The quantitative estimate of drug-likeness (QED) is 0.437. The summed E-state index contributed by atoms with van der Waals surface area (Å²) in [5.41, 5.74) is 0.795. The molecule has 110 valence electrons. The Balaban J connectivity index is 2.87. The smallest absolute Gasteiger partial charge is 0.292 e. The number of nitrogens with one attached hydrogen (secondary N) is 2. The molecule has 1 aromatic carbocycles. The van der Waals surface area contributed by atoms with Crippen LogP contribution in [0.25, 0.3) is 0 Å². The highest BCUT2D eigenvalue weighted by atomic mass is 32.2. The molecule has 6 nitrogen and oxygen atoms in total. The van der Waals surface area contributed by atoms with Gasteiger partial charge in [-0.1, -0.05) is 6.92 Å². The third-order valence-electron chi connectivity index (χ3n) is 2.61. The second-order valence-electron chi connectivity index (χ2n) is 4.16. The van der Waals surface area contributed by atoms with Crippen molar-refractivity contribution in [3.05, 3.63) is 33.9 Å². The van der Waals surface area contributed by atoms with E-state index in [4.69, 9.17) is 0 Å². The molecule has 0 saturated carbocycles. The molecule has 2 N–H and O–H groups in total. The van der Waals surface area contributed by atoms with Crippen molar-refractivity contribution in [3.8, 4) is 0 Å². The van der Waals surface area contributed by atoms with Crippen molar-refractivity contribution in [2.45, 2.75) is 13.3 Å². The van der Waals surface area contributed by atoms with Crippen LogP contribution in [0, 0.1) is 10.1 Å². The summed E-state index contributed by atoms with van der Waals surface area (Å²) in [5.74, 6) is 0.619. The number of carbonyl (C=O) groups is 1. The molecular weight excluding hydrogens is 278 g/mol. The molecule has 0 unspecified atom stereocenters. The van der Waals surface area contributed by atoms with Crippen LogP contribution in [-0.4, -0.2) is 35.9 Å². The minimum absolute atomic E-state index is 0.0147. The minimum atomic E-state index is -0.451. The number of rotatable bonds is 8. The largest absolute Gasteiger partial charge is 0.379 e. The van der Waals surface area contributed by atoms with Gasteiger partial charge in [0, 0.05) is 30.5 Å². The molecule has 0 fully saturated rings. The third-order valence-corrected chi connectivity index (χ3v) is 3.23. The van der Waals surface area contributed by atoms with Crippen LogP contribution >= 0.6 is 11.8 Å². The summed E-state index contributed by atoms with van der Waals surface area (Å²) >= 11 is 1.64. The number of nitro groups is 1. The Morgan fingerprint density at radius 3 is 2.75 bits per heavy atom. The number of carbonyl (C=O) groups excluding carboxylic acids is 1. The zero-order valence-electron chi connectivity index (χ0n) is 11.6. The first-order valence-electron chi connectivity index (χ1n) is 6.39. The molecule has 1 aromatic rings. The predicted molar refractivity (Wildman–Crippen MR) is 82.6 cm³/mol. The maximum absolute atomic E-state index is 11.9. The Morgan fingerprint density at radius 2 is 2.15 bits per heavy atom. The van der Waals surface area contributed by atoms with Gasteiger partial charge in [-0.2, -0.15) is 11.8 Å². The van der Waals surface area contributed by atoms with Crippen molar-refractivity contribution in [3.63, 3.8) is 0 Å². The van der Waals surface area contributed by atoms with E-state index < -0.39 is 4.92 Å². The number of benzene rings is 1. The number of hydrogen-bond donors (Lipinski definition) is 2. The van der Waals surface area contributed by atoms with Crippen LogP contribution in [0.5, 0.6) is 0 Å². The van der Waals surface area contributed by atoms with Crippen LogP contribution in [0.1, 0.15) is 23.7 Å². The van der Waals surface area contributed by atoms with Crippen LogP contribution in [0.3, 0.4) is 0 Å². The molecule has 0 saturated heterocycles. The first kappa shape index (κ1) is 16.3. The van der Waals surface area contributed by atoms with Crippen molar-refractivity contribution in [1.29, 1.82) is 0 Å².